The van der Waals surface area contributed by atoms with Crippen LogP contribution in [0, 0.1) is 0 Å². The Labute approximate surface area is 116 Å². The Balaban J connectivity index is 3.72. The zero-order valence-corrected chi connectivity index (χ0v) is 12.9. The second-order valence-corrected chi connectivity index (χ2v) is 5.74. The first-order chi connectivity index (χ1) is 8.63. The average Bonchev–Trinajstić information content (AvgIpc) is 2.25. The predicted molar refractivity (Wildman–Crippen MR) is 75.2 cm³/mol. The van der Waals surface area contributed by atoms with Crippen molar-refractivity contribution in [2.24, 2.45) is 0 Å². The average molecular weight is 273 g/mol. The van der Waals surface area contributed by atoms with Crippen LogP contribution in [0.1, 0.15) is 33.6 Å². The van der Waals surface area contributed by atoms with E-state index in [4.69, 9.17) is 4.74 Å². The highest BCUT2D eigenvalue weighted by Crippen LogP contribution is 2.09. The third kappa shape index (κ3) is 9.16. The van der Waals surface area contributed by atoms with Gasteiger partial charge in [-0.05, 0) is 33.6 Å². The molecule has 6 heteroatoms. The number of ether oxygens (including phenoxy) is 1. The lowest BCUT2D eigenvalue weighted by molar-refractivity contribution is 0.0296. The van der Waals surface area contributed by atoms with E-state index in [0.717, 1.165) is 12.8 Å². The summed E-state index contributed by atoms with van der Waals surface area (Å²) in [7, 11) is 5.11. The second-order valence-electron chi connectivity index (χ2n) is 5.74. The highest BCUT2D eigenvalue weighted by Gasteiger charge is 2.18. The van der Waals surface area contributed by atoms with Gasteiger partial charge in [0.15, 0.2) is 0 Å². The Bertz CT molecular complexity index is 298. The van der Waals surface area contributed by atoms with Crippen molar-refractivity contribution in [3.8, 4) is 0 Å². The van der Waals surface area contributed by atoms with E-state index in [0.29, 0.717) is 13.1 Å². The molecule has 1 N–H and O–H groups in total. The van der Waals surface area contributed by atoms with Gasteiger partial charge in [0.1, 0.15) is 5.60 Å². The van der Waals surface area contributed by atoms with E-state index in [1.54, 1.807) is 26.0 Å². The van der Waals surface area contributed by atoms with E-state index >= 15 is 0 Å². The van der Waals surface area contributed by atoms with Crippen molar-refractivity contribution in [1.29, 1.82) is 0 Å². The molecule has 0 heterocycles. The number of hydrogen-bond acceptors (Lipinski definition) is 3. The molecule has 6 nitrogen and oxygen atoms in total. The molecule has 0 aromatic heterocycles. The fraction of sp³-hybridized carbons (Fsp3) is 0.846. The van der Waals surface area contributed by atoms with Crippen molar-refractivity contribution in [2.45, 2.75) is 39.2 Å². The molecule has 0 spiro atoms. The third-order valence-electron chi connectivity index (χ3n) is 2.31. The molecular weight excluding hydrogens is 246 g/mol. The SMILES string of the molecule is CN(C)C(=O)NCCCCN(C)C(=O)OC(C)(C)C. The zero-order chi connectivity index (χ0) is 15.1. The maximum Gasteiger partial charge on any atom is 0.410 e. The molecule has 3 amide bonds. The molecule has 0 radical (unpaired) electrons. The Morgan fingerprint density at radius 2 is 1.68 bits per heavy atom. The molecule has 0 rings (SSSR count). The van der Waals surface area contributed by atoms with Gasteiger partial charge in [-0.3, -0.25) is 0 Å². The largest absolute Gasteiger partial charge is 0.444 e. The summed E-state index contributed by atoms with van der Waals surface area (Å²) in [4.78, 5) is 25.9. The number of unbranched alkanes of at least 4 members (excludes halogenated alkanes) is 1. The van der Waals surface area contributed by atoms with Gasteiger partial charge < -0.3 is 19.9 Å². The Morgan fingerprint density at radius 3 is 2.16 bits per heavy atom. The van der Waals surface area contributed by atoms with E-state index in [9.17, 15) is 9.59 Å². The van der Waals surface area contributed by atoms with Crippen molar-refractivity contribution >= 4 is 12.1 Å². The lowest BCUT2D eigenvalue weighted by Crippen LogP contribution is -2.36. The number of rotatable bonds is 5. The van der Waals surface area contributed by atoms with Gasteiger partial charge in [0.25, 0.3) is 0 Å². The molecule has 19 heavy (non-hydrogen) atoms. The van der Waals surface area contributed by atoms with Crippen LogP contribution < -0.4 is 5.32 Å². The summed E-state index contributed by atoms with van der Waals surface area (Å²) in [6, 6.07) is -0.0968. The maximum absolute atomic E-state index is 11.6. The van der Waals surface area contributed by atoms with Gasteiger partial charge >= 0.3 is 12.1 Å². The number of carbonyl (C=O) groups excluding carboxylic acids is 2. The number of amides is 3. The van der Waals surface area contributed by atoms with Crippen LogP contribution in [0.4, 0.5) is 9.59 Å². The topological polar surface area (TPSA) is 61.9 Å². The Hall–Kier alpha value is -1.46. The second kappa shape index (κ2) is 7.86. The molecule has 0 saturated carbocycles. The normalized spacial score (nSPS) is 10.8. The van der Waals surface area contributed by atoms with Gasteiger partial charge in [0, 0.05) is 34.2 Å². The van der Waals surface area contributed by atoms with Gasteiger partial charge in [0.05, 0.1) is 0 Å². The number of urea groups is 1. The molecule has 0 saturated heterocycles. The van der Waals surface area contributed by atoms with Gasteiger partial charge in [-0.25, -0.2) is 9.59 Å². The minimum Gasteiger partial charge on any atom is -0.444 e. The molecule has 0 bridgehead atoms. The lowest BCUT2D eigenvalue weighted by atomic mass is 10.2. The van der Waals surface area contributed by atoms with E-state index < -0.39 is 5.60 Å². The monoisotopic (exact) mass is 273 g/mol. The van der Waals surface area contributed by atoms with Crippen molar-refractivity contribution in [3.63, 3.8) is 0 Å². The summed E-state index contributed by atoms with van der Waals surface area (Å²) in [5, 5.41) is 2.78. The van der Waals surface area contributed by atoms with E-state index in [-0.39, 0.29) is 12.1 Å². The maximum atomic E-state index is 11.6. The first-order valence-corrected chi connectivity index (χ1v) is 6.53. The number of nitrogens with zero attached hydrogens (tertiary/aromatic N) is 2. The van der Waals surface area contributed by atoms with Gasteiger partial charge in [0.2, 0.25) is 0 Å². The molecular formula is C13H27N3O3. The zero-order valence-electron chi connectivity index (χ0n) is 12.9. The van der Waals surface area contributed by atoms with E-state index in [2.05, 4.69) is 5.32 Å². The molecule has 0 unspecified atom stereocenters. The minimum atomic E-state index is -0.467. The van der Waals surface area contributed by atoms with Crippen LogP contribution in [0.5, 0.6) is 0 Å². The highest BCUT2D eigenvalue weighted by atomic mass is 16.6. The minimum absolute atomic E-state index is 0.0968. The van der Waals surface area contributed by atoms with Crippen molar-refractivity contribution in [2.75, 3.05) is 34.2 Å². The van der Waals surface area contributed by atoms with Crippen molar-refractivity contribution in [3.05, 3.63) is 0 Å². The Kier molecular flexibility index (Phi) is 7.26. The summed E-state index contributed by atoms with van der Waals surface area (Å²) in [6.45, 7) is 6.76. The van der Waals surface area contributed by atoms with Gasteiger partial charge in [-0.2, -0.15) is 0 Å². The molecule has 0 atom stereocenters. The molecule has 0 fully saturated rings. The molecule has 112 valence electrons. The van der Waals surface area contributed by atoms with Crippen LogP contribution >= 0.6 is 0 Å². The van der Waals surface area contributed by atoms with Crippen molar-refractivity contribution < 1.29 is 14.3 Å². The third-order valence-corrected chi connectivity index (χ3v) is 2.31. The summed E-state index contributed by atoms with van der Waals surface area (Å²) in [5.74, 6) is 0. The molecule has 0 aromatic carbocycles. The van der Waals surface area contributed by atoms with Crippen LogP contribution in [0.2, 0.25) is 0 Å². The van der Waals surface area contributed by atoms with Gasteiger partial charge in [-0.15, -0.1) is 0 Å². The quantitative estimate of drug-likeness (QED) is 0.778. The number of carbonyl (C=O) groups is 2. The number of hydrogen-bond donors (Lipinski definition) is 1. The molecule has 0 aromatic rings. The van der Waals surface area contributed by atoms with Crippen LogP contribution in [0.3, 0.4) is 0 Å². The molecule has 0 aliphatic heterocycles. The summed E-state index contributed by atoms with van der Waals surface area (Å²) in [6.07, 6.45) is 1.33. The number of nitrogens with one attached hydrogen (secondary N) is 1. The molecule has 0 aliphatic carbocycles. The van der Waals surface area contributed by atoms with Crippen LogP contribution in [-0.4, -0.2) is 61.8 Å². The smallest absolute Gasteiger partial charge is 0.410 e. The fourth-order valence-corrected chi connectivity index (χ4v) is 1.26. The predicted octanol–water partition coefficient (Wildman–Crippen LogP) is 1.90. The van der Waals surface area contributed by atoms with Crippen LogP contribution in [0.15, 0.2) is 0 Å². The first kappa shape index (κ1) is 17.5. The van der Waals surface area contributed by atoms with Crippen molar-refractivity contribution in [1.82, 2.24) is 15.1 Å². The summed E-state index contributed by atoms with van der Waals surface area (Å²) < 4.78 is 5.24. The van der Waals surface area contributed by atoms with E-state index in [1.807, 2.05) is 20.8 Å². The van der Waals surface area contributed by atoms with Crippen LogP contribution in [-0.2, 0) is 4.74 Å². The summed E-state index contributed by atoms with van der Waals surface area (Å²) >= 11 is 0. The summed E-state index contributed by atoms with van der Waals surface area (Å²) in [5.41, 5.74) is -0.467. The standard InChI is InChI=1S/C13H27N3O3/c1-13(2,3)19-12(18)16(6)10-8-7-9-14-11(17)15(4)5/h7-10H2,1-6H3,(H,14,17). The van der Waals surface area contributed by atoms with Gasteiger partial charge in [-0.1, -0.05) is 0 Å². The fourth-order valence-electron chi connectivity index (χ4n) is 1.26. The highest BCUT2D eigenvalue weighted by molar-refractivity contribution is 5.73. The Morgan fingerprint density at radius 1 is 1.11 bits per heavy atom. The van der Waals surface area contributed by atoms with E-state index in [1.165, 1.54) is 4.90 Å². The first-order valence-electron chi connectivity index (χ1n) is 6.53. The molecule has 0 aliphatic rings. The van der Waals surface area contributed by atoms with Crippen LogP contribution in [0.25, 0.3) is 0 Å². The lowest BCUT2D eigenvalue weighted by Gasteiger charge is -2.24.